The fraction of sp³-hybridized carbons (Fsp3) is 0.933. The van der Waals surface area contributed by atoms with Crippen molar-refractivity contribution in [3.63, 3.8) is 0 Å². The summed E-state index contributed by atoms with van der Waals surface area (Å²) in [5, 5.41) is 0. The Balaban J connectivity index is 2.05. The number of nitrogens with zero attached hydrogens (tertiary/aromatic N) is 1. The Morgan fingerprint density at radius 3 is 2.59 bits per heavy atom. The molecular formula is C15H27NO. The van der Waals surface area contributed by atoms with E-state index in [0.717, 1.165) is 19.3 Å². The van der Waals surface area contributed by atoms with Crippen molar-refractivity contribution >= 4 is 5.78 Å². The first-order chi connectivity index (χ1) is 8.27. The van der Waals surface area contributed by atoms with Gasteiger partial charge in [-0.1, -0.05) is 20.3 Å². The van der Waals surface area contributed by atoms with Crippen LogP contribution in [0.3, 0.4) is 0 Å². The minimum Gasteiger partial charge on any atom is -0.299 e. The molecule has 17 heavy (non-hydrogen) atoms. The minimum atomic E-state index is 0.367. The van der Waals surface area contributed by atoms with E-state index in [0.29, 0.717) is 23.8 Å². The molecule has 0 aromatic rings. The summed E-state index contributed by atoms with van der Waals surface area (Å²) in [6, 6.07) is 1.28. The van der Waals surface area contributed by atoms with Gasteiger partial charge in [0.2, 0.25) is 0 Å². The van der Waals surface area contributed by atoms with Crippen LogP contribution < -0.4 is 0 Å². The molecular weight excluding hydrogens is 210 g/mol. The zero-order valence-electron chi connectivity index (χ0n) is 11.5. The average Bonchev–Trinajstić information content (AvgIpc) is 2.80. The van der Waals surface area contributed by atoms with Crippen molar-refractivity contribution in [2.75, 3.05) is 6.54 Å². The number of rotatable bonds is 4. The Morgan fingerprint density at radius 1 is 1.18 bits per heavy atom. The Morgan fingerprint density at radius 2 is 1.94 bits per heavy atom. The molecule has 2 rings (SSSR count). The monoisotopic (exact) mass is 237 g/mol. The smallest absolute Gasteiger partial charge is 0.137 e. The van der Waals surface area contributed by atoms with Gasteiger partial charge in [0.05, 0.1) is 0 Å². The third kappa shape index (κ3) is 2.73. The van der Waals surface area contributed by atoms with E-state index in [1.165, 1.54) is 38.6 Å². The number of hydrogen-bond donors (Lipinski definition) is 0. The molecule has 0 radical (unpaired) electrons. The zero-order valence-corrected chi connectivity index (χ0v) is 11.5. The van der Waals surface area contributed by atoms with Gasteiger partial charge in [0.15, 0.2) is 0 Å². The first-order valence-electron chi connectivity index (χ1n) is 7.56. The van der Waals surface area contributed by atoms with E-state index < -0.39 is 0 Å². The van der Waals surface area contributed by atoms with Crippen LogP contribution in [-0.4, -0.2) is 29.3 Å². The molecule has 2 unspecified atom stereocenters. The molecule has 2 heteroatoms. The van der Waals surface area contributed by atoms with E-state index >= 15 is 0 Å². The molecule has 0 aromatic carbocycles. The SMILES string of the molecule is CCC(CC)N1CCCC1C1CCCCC1=O. The molecule has 1 aliphatic carbocycles. The lowest BCUT2D eigenvalue weighted by molar-refractivity contribution is -0.127. The average molecular weight is 237 g/mol. The maximum absolute atomic E-state index is 12.1. The Kier molecular flexibility index (Phi) is 4.61. The summed E-state index contributed by atoms with van der Waals surface area (Å²) in [5.41, 5.74) is 0. The summed E-state index contributed by atoms with van der Waals surface area (Å²) in [7, 11) is 0. The largest absolute Gasteiger partial charge is 0.299 e. The van der Waals surface area contributed by atoms with Gasteiger partial charge in [0, 0.05) is 24.4 Å². The predicted molar refractivity (Wildman–Crippen MR) is 71.1 cm³/mol. The van der Waals surface area contributed by atoms with Crippen LogP contribution in [0.25, 0.3) is 0 Å². The topological polar surface area (TPSA) is 20.3 Å². The van der Waals surface area contributed by atoms with Crippen LogP contribution in [0.4, 0.5) is 0 Å². The van der Waals surface area contributed by atoms with E-state index in [1.807, 2.05) is 0 Å². The highest BCUT2D eigenvalue weighted by Crippen LogP contribution is 2.34. The quantitative estimate of drug-likeness (QED) is 0.747. The molecule has 1 saturated heterocycles. The molecule has 0 amide bonds. The third-order valence-corrected chi connectivity index (χ3v) is 4.82. The number of carbonyl (C=O) groups excluding carboxylic acids is 1. The van der Waals surface area contributed by atoms with Crippen molar-refractivity contribution < 1.29 is 4.79 Å². The fourth-order valence-electron chi connectivity index (χ4n) is 3.87. The van der Waals surface area contributed by atoms with E-state index in [2.05, 4.69) is 18.7 Å². The first-order valence-corrected chi connectivity index (χ1v) is 7.56. The molecule has 2 fully saturated rings. The van der Waals surface area contributed by atoms with Crippen molar-refractivity contribution in [3.8, 4) is 0 Å². The highest BCUT2D eigenvalue weighted by Gasteiger charge is 2.38. The van der Waals surface area contributed by atoms with Crippen molar-refractivity contribution in [1.82, 2.24) is 4.90 Å². The minimum absolute atomic E-state index is 0.367. The third-order valence-electron chi connectivity index (χ3n) is 4.82. The molecule has 1 aliphatic heterocycles. The maximum Gasteiger partial charge on any atom is 0.137 e. The van der Waals surface area contributed by atoms with Crippen LogP contribution in [0.15, 0.2) is 0 Å². The predicted octanol–water partition coefficient (Wildman–Crippen LogP) is 3.40. The van der Waals surface area contributed by atoms with Gasteiger partial charge in [0.1, 0.15) is 5.78 Å². The second-order valence-corrected chi connectivity index (χ2v) is 5.74. The van der Waals surface area contributed by atoms with Crippen molar-refractivity contribution in [2.24, 2.45) is 5.92 Å². The number of carbonyl (C=O) groups is 1. The Hall–Kier alpha value is -0.370. The molecule has 98 valence electrons. The molecule has 0 bridgehead atoms. The van der Waals surface area contributed by atoms with Crippen LogP contribution in [-0.2, 0) is 4.79 Å². The van der Waals surface area contributed by atoms with Crippen molar-refractivity contribution in [1.29, 1.82) is 0 Å². The highest BCUT2D eigenvalue weighted by atomic mass is 16.1. The van der Waals surface area contributed by atoms with E-state index in [-0.39, 0.29) is 0 Å². The van der Waals surface area contributed by atoms with Gasteiger partial charge < -0.3 is 0 Å². The second-order valence-electron chi connectivity index (χ2n) is 5.74. The van der Waals surface area contributed by atoms with Crippen LogP contribution in [0.2, 0.25) is 0 Å². The molecule has 2 nitrogen and oxygen atoms in total. The van der Waals surface area contributed by atoms with Crippen molar-refractivity contribution in [3.05, 3.63) is 0 Å². The van der Waals surface area contributed by atoms with E-state index in [9.17, 15) is 4.79 Å². The lowest BCUT2D eigenvalue weighted by Gasteiger charge is -2.37. The van der Waals surface area contributed by atoms with Gasteiger partial charge in [-0.3, -0.25) is 9.69 Å². The van der Waals surface area contributed by atoms with Gasteiger partial charge in [-0.2, -0.15) is 0 Å². The van der Waals surface area contributed by atoms with E-state index in [4.69, 9.17) is 0 Å². The molecule has 2 atom stereocenters. The zero-order chi connectivity index (χ0) is 12.3. The second kappa shape index (κ2) is 5.99. The number of hydrogen-bond acceptors (Lipinski definition) is 2. The molecule has 0 N–H and O–H groups in total. The van der Waals surface area contributed by atoms with Crippen LogP contribution >= 0.6 is 0 Å². The summed E-state index contributed by atoms with van der Waals surface area (Å²) in [5.74, 6) is 0.922. The standard InChI is InChI=1S/C15H27NO/c1-3-12(4-2)16-11-7-9-14(16)13-8-5-6-10-15(13)17/h12-14H,3-11H2,1-2H3. The molecule has 2 aliphatic rings. The van der Waals surface area contributed by atoms with Crippen molar-refractivity contribution in [2.45, 2.75) is 77.3 Å². The molecule has 0 spiro atoms. The van der Waals surface area contributed by atoms with E-state index in [1.54, 1.807) is 0 Å². The summed E-state index contributed by atoms with van der Waals surface area (Å²) in [4.78, 5) is 14.8. The molecule has 0 aromatic heterocycles. The Labute approximate surface area is 106 Å². The summed E-state index contributed by atoms with van der Waals surface area (Å²) in [6.07, 6.45) is 9.41. The number of likely N-dealkylation sites (tertiary alicyclic amines) is 1. The van der Waals surface area contributed by atoms with Crippen LogP contribution in [0.1, 0.15) is 65.2 Å². The van der Waals surface area contributed by atoms with Gasteiger partial charge in [-0.25, -0.2) is 0 Å². The van der Waals surface area contributed by atoms with Gasteiger partial charge >= 0.3 is 0 Å². The summed E-state index contributed by atoms with van der Waals surface area (Å²) in [6.45, 7) is 5.79. The molecule has 1 saturated carbocycles. The number of Topliss-reactive ketones (excluding diaryl/α,β-unsaturated/α-hetero) is 1. The van der Waals surface area contributed by atoms with Gasteiger partial charge in [-0.15, -0.1) is 0 Å². The summed E-state index contributed by atoms with van der Waals surface area (Å²) < 4.78 is 0. The lowest BCUT2D eigenvalue weighted by atomic mass is 9.81. The normalized spacial score (nSPS) is 31.4. The number of ketones is 1. The maximum atomic E-state index is 12.1. The summed E-state index contributed by atoms with van der Waals surface area (Å²) >= 11 is 0. The van der Waals surface area contributed by atoms with Crippen LogP contribution in [0.5, 0.6) is 0 Å². The first kappa shape index (κ1) is 13.1. The Bertz CT molecular complexity index is 260. The van der Waals surface area contributed by atoms with Gasteiger partial charge in [-0.05, 0) is 45.1 Å². The highest BCUT2D eigenvalue weighted by molar-refractivity contribution is 5.82. The lowest BCUT2D eigenvalue weighted by Crippen LogP contribution is -2.45. The van der Waals surface area contributed by atoms with Crippen LogP contribution in [0, 0.1) is 5.92 Å². The fourth-order valence-corrected chi connectivity index (χ4v) is 3.87. The van der Waals surface area contributed by atoms with Gasteiger partial charge in [0.25, 0.3) is 0 Å². The molecule has 1 heterocycles.